The third-order valence-electron chi connectivity index (χ3n) is 2.25. The van der Waals surface area contributed by atoms with Crippen molar-refractivity contribution in [2.75, 3.05) is 0 Å². The fraction of sp³-hybridized carbons (Fsp3) is 0.182. The van der Waals surface area contributed by atoms with Crippen LogP contribution in [0.3, 0.4) is 0 Å². The Morgan fingerprint density at radius 3 is 2.92 bits per heavy atom. The van der Waals surface area contributed by atoms with E-state index in [9.17, 15) is 9.90 Å². The number of hydrogen-bond donors (Lipinski definition) is 1. The summed E-state index contributed by atoms with van der Waals surface area (Å²) in [4.78, 5) is 11.3. The summed E-state index contributed by atoms with van der Waals surface area (Å²) in [5, 5.41) is 9.25. The maximum Gasteiger partial charge on any atom is 0.162 e. The van der Waals surface area contributed by atoms with Crippen LogP contribution in [0.5, 0.6) is 0 Å². The molecule has 0 fully saturated rings. The van der Waals surface area contributed by atoms with Gasteiger partial charge in [-0.25, -0.2) is 0 Å². The van der Waals surface area contributed by atoms with Crippen molar-refractivity contribution in [3.63, 3.8) is 0 Å². The molecule has 2 nitrogen and oxygen atoms in total. The molecule has 0 aromatic carbocycles. The molecular weight excluding hydrogens is 164 g/mol. The van der Waals surface area contributed by atoms with Gasteiger partial charge in [-0.2, -0.15) is 0 Å². The minimum absolute atomic E-state index is 0.0906. The van der Waals surface area contributed by atoms with Gasteiger partial charge in [-0.1, -0.05) is 18.2 Å². The van der Waals surface area contributed by atoms with Crippen molar-refractivity contribution in [3.8, 4) is 0 Å². The molecule has 0 saturated heterocycles. The quantitative estimate of drug-likeness (QED) is 0.610. The molecule has 0 aromatic heterocycles. The van der Waals surface area contributed by atoms with Crippen LogP contribution in [0.25, 0.3) is 0 Å². The summed E-state index contributed by atoms with van der Waals surface area (Å²) in [5.74, 6) is 0.223. The number of carbonyl (C=O) groups is 1. The first-order valence-electron chi connectivity index (χ1n) is 4.25. The first-order valence-corrected chi connectivity index (χ1v) is 4.25. The Morgan fingerprint density at radius 2 is 2.08 bits per heavy atom. The second-order valence-electron chi connectivity index (χ2n) is 3.24. The molecule has 2 bridgehead atoms. The Bertz CT molecular complexity index is 356. The lowest BCUT2D eigenvalue weighted by Crippen LogP contribution is -2.14. The minimum atomic E-state index is -0.0906. The van der Waals surface area contributed by atoms with E-state index in [1.54, 1.807) is 24.3 Å². The van der Waals surface area contributed by atoms with E-state index in [1.807, 2.05) is 12.2 Å². The number of hydrogen-bond acceptors (Lipinski definition) is 2. The van der Waals surface area contributed by atoms with E-state index in [0.29, 0.717) is 0 Å². The van der Waals surface area contributed by atoms with Gasteiger partial charge in [0.1, 0.15) is 5.76 Å². The zero-order valence-corrected chi connectivity index (χ0v) is 7.10. The number of ketones is 1. The minimum Gasteiger partial charge on any atom is -0.508 e. The molecule has 2 aliphatic carbocycles. The monoisotopic (exact) mass is 174 g/mol. The molecule has 0 spiro atoms. The van der Waals surface area contributed by atoms with E-state index in [0.717, 1.165) is 12.0 Å². The van der Waals surface area contributed by atoms with E-state index < -0.39 is 0 Å². The molecule has 1 atom stereocenters. The predicted molar refractivity (Wildman–Crippen MR) is 50.2 cm³/mol. The van der Waals surface area contributed by atoms with E-state index in [4.69, 9.17) is 0 Å². The first-order chi connectivity index (χ1) is 6.25. The van der Waals surface area contributed by atoms with Gasteiger partial charge in [0.05, 0.1) is 0 Å². The molecule has 2 rings (SSSR count). The lowest BCUT2D eigenvalue weighted by molar-refractivity contribution is -0.117. The van der Waals surface area contributed by atoms with Crippen LogP contribution in [-0.2, 0) is 4.79 Å². The van der Waals surface area contributed by atoms with Crippen molar-refractivity contribution in [2.45, 2.75) is 6.42 Å². The van der Waals surface area contributed by atoms with Gasteiger partial charge >= 0.3 is 0 Å². The zero-order valence-electron chi connectivity index (χ0n) is 7.10. The van der Waals surface area contributed by atoms with Crippen molar-refractivity contribution < 1.29 is 9.90 Å². The highest BCUT2D eigenvalue weighted by Gasteiger charge is 2.18. The third kappa shape index (κ3) is 1.61. The van der Waals surface area contributed by atoms with Crippen LogP contribution in [0.4, 0.5) is 0 Å². The fourth-order valence-electron chi connectivity index (χ4n) is 1.48. The standard InChI is InChI=1S/C11H10O2/c12-10-4-1-8-2-6-11(13)9(7-8)3-5-10/h1-6,9,12H,7H2/b5-3-,8-1-,10-4+. The van der Waals surface area contributed by atoms with E-state index >= 15 is 0 Å². The van der Waals surface area contributed by atoms with Crippen LogP contribution in [0.15, 0.2) is 47.8 Å². The third-order valence-corrected chi connectivity index (χ3v) is 2.25. The zero-order chi connectivity index (χ0) is 9.26. The molecule has 2 aliphatic rings. The van der Waals surface area contributed by atoms with E-state index in [-0.39, 0.29) is 17.5 Å². The lowest BCUT2D eigenvalue weighted by atomic mass is 9.88. The predicted octanol–water partition coefficient (Wildman–Crippen LogP) is 2.07. The Labute approximate surface area is 76.6 Å². The fourth-order valence-corrected chi connectivity index (χ4v) is 1.48. The summed E-state index contributed by atoms with van der Waals surface area (Å²) >= 11 is 0. The molecule has 1 N–H and O–H groups in total. The molecule has 0 amide bonds. The molecule has 66 valence electrons. The van der Waals surface area contributed by atoms with Crippen molar-refractivity contribution in [2.24, 2.45) is 5.92 Å². The lowest BCUT2D eigenvalue weighted by Gasteiger charge is -2.15. The summed E-state index contributed by atoms with van der Waals surface area (Å²) in [6.45, 7) is 0. The summed E-state index contributed by atoms with van der Waals surface area (Å²) in [5.41, 5.74) is 1.08. The van der Waals surface area contributed by atoms with Crippen molar-refractivity contribution >= 4 is 5.78 Å². The smallest absolute Gasteiger partial charge is 0.162 e. The number of fused-ring (bicyclic) bond motifs is 2. The maximum atomic E-state index is 11.3. The molecule has 0 heterocycles. The Balaban J connectivity index is 2.43. The second-order valence-corrected chi connectivity index (χ2v) is 3.24. The van der Waals surface area contributed by atoms with Crippen molar-refractivity contribution in [1.29, 1.82) is 0 Å². The van der Waals surface area contributed by atoms with Gasteiger partial charge in [0.2, 0.25) is 0 Å². The van der Waals surface area contributed by atoms with Gasteiger partial charge in [-0.15, -0.1) is 0 Å². The highest BCUT2D eigenvalue weighted by atomic mass is 16.3. The van der Waals surface area contributed by atoms with Gasteiger partial charge in [-0.3, -0.25) is 4.79 Å². The largest absolute Gasteiger partial charge is 0.508 e. The highest BCUT2D eigenvalue weighted by molar-refractivity contribution is 5.95. The average Bonchev–Trinajstić information content (AvgIpc) is 2.12. The molecule has 13 heavy (non-hydrogen) atoms. The SMILES string of the molecule is O=C1C=C/C2=C/C=C(O)\C=C/C1C2. The van der Waals surface area contributed by atoms with Crippen LogP contribution in [0.1, 0.15) is 6.42 Å². The first kappa shape index (κ1) is 8.05. The van der Waals surface area contributed by atoms with Crippen LogP contribution in [0, 0.1) is 5.92 Å². The Morgan fingerprint density at radius 1 is 1.23 bits per heavy atom. The topological polar surface area (TPSA) is 37.3 Å². The van der Waals surface area contributed by atoms with Gasteiger partial charge in [0.25, 0.3) is 0 Å². The van der Waals surface area contributed by atoms with E-state index in [1.165, 1.54) is 0 Å². The summed E-state index contributed by atoms with van der Waals surface area (Å²) in [6.07, 6.45) is 11.0. The number of rotatable bonds is 0. The molecule has 2 heteroatoms. The normalized spacial score (nSPS) is 36.6. The number of carbonyl (C=O) groups excluding carboxylic acids is 1. The van der Waals surface area contributed by atoms with Gasteiger partial charge in [-0.05, 0) is 30.2 Å². The molecule has 0 aliphatic heterocycles. The van der Waals surface area contributed by atoms with Gasteiger partial charge < -0.3 is 5.11 Å². The van der Waals surface area contributed by atoms with Crippen molar-refractivity contribution in [1.82, 2.24) is 0 Å². The summed E-state index contributed by atoms with van der Waals surface area (Å²) < 4.78 is 0. The summed E-state index contributed by atoms with van der Waals surface area (Å²) in [7, 11) is 0. The number of aliphatic hydroxyl groups excluding tert-OH is 1. The van der Waals surface area contributed by atoms with Crippen LogP contribution in [0.2, 0.25) is 0 Å². The molecule has 0 aromatic rings. The highest BCUT2D eigenvalue weighted by Crippen LogP contribution is 2.23. The van der Waals surface area contributed by atoms with Crippen LogP contribution < -0.4 is 0 Å². The average molecular weight is 174 g/mol. The van der Waals surface area contributed by atoms with Gasteiger partial charge in [0.15, 0.2) is 5.78 Å². The van der Waals surface area contributed by atoms with Crippen LogP contribution in [-0.4, -0.2) is 10.9 Å². The van der Waals surface area contributed by atoms with E-state index in [2.05, 4.69) is 0 Å². The Hall–Kier alpha value is -1.57. The number of aliphatic hydroxyl groups is 1. The van der Waals surface area contributed by atoms with Crippen molar-refractivity contribution in [3.05, 3.63) is 47.8 Å². The van der Waals surface area contributed by atoms with Gasteiger partial charge in [0, 0.05) is 5.92 Å². The second kappa shape index (κ2) is 3.05. The van der Waals surface area contributed by atoms with Crippen LogP contribution >= 0.6 is 0 Å². The molecular formula is C11H10O2. The summed E-state index contributed by atoms with van der Waals surface area (Å²) in [6, 6.07) is 0. The maximum absolute atomic E-state index is 11.3. The molecule has 0 saturated carbocycles. The molecule has 0 radical (unpaired) electrons. The molecule has 1 unspecified atom stereocenters. The Kier molecular flexibility index (Phi) is 1.89. The number of allylic oxidation sites excluding steroid dienone is 7.